The Morgan fingerprint density at radius 3 is 2.70 bits per heavy atom. The first-order valence-corrected chi connectivity index (χ1v) is 13.0. The van der Waals surface area contributed by atoms with Crippen molar-refractivity contribution < 1.29 is 13.9 Å². The summed E-state index contributed by atoms with van der Waals surface area (Å²) in [6.45, 7) is 6.19. The van der Waals surface area contributed by atoms with Gasteiger partial charge >= 0.3 is 0 Å². The van der Waals surface area contributed by atoms with E-state index in [0.717, 1.165) is 36.8 Å². The molecule has 4 rings (SSSR count). The number of ether oxygens (including phenoxy) is 1. The molecule has 0 spiro atoms. The van der Waals surface area contributed by atoms with Gasteiger partial charge in [-0.2, -0.15) is 5.26 Å². The number of hydrogen-bond acceptors (Lipinski definition) is 7. The number of rotatable bonds is 8. The van der Waals surface area contributed by atoms with Crippen LogP contribution in [0, 0.1) is 23.1 Å². The fourth-order valence-electron chi connectivity index (χ4n) is 4.70. The number of pyridine rings is 1. The Morgan fingerprint density at radius 1 is 1.20 bits per heavy atom. The van der Waals surface area contributed by atoms with E-state index >= 15 is 0 Å². The van der Waals surface area contributed by atoms with Crippen LogP contribution >= 0.6 is 0 Å². The van der Waals surface area contributed by atoms with Gasteiger partial charge in [-0.1, -0.05) is 18.7 Å². The Hall–Kier alpha value is -4.68. The van der Waals surface area contributed by atoms with E-state index in [4.69, 9.17) is 10.5 Å². The van der Waals surface area contributed by atoms with Gasteiger partial charge in [-0.3, -0.25) is 9.78 Å². The number of allylic oxidation sites excluding steroid dienone is 4. The number of nitrogens with two attached hydrogens (primary N) is 1. The highest BCUT2D eigenvalue weighted by Gasteiger charge is 2.24. The van der Waals surface area contributed by atoms with Crippen molar-refractivity contribution >= 4 is 11.5 Å². The van der Waals surface area contributed by atoms with Gasteiger partial charge in [0, 0.05) is 35.9 Å². The maximum Gasteiger partial charge on any atom is 0.274 e. The Balaban J connectivity index is 1.67. The van der Waals surface area contributed by atoms with E-state index in [9.17, 15) is 14.4 Å². The van der Waals surface area contributed by atoms with Gasteiger partial charge in [-0.25, -0.2) is 14.4 Å². The van der Waals surface area contributed by atoms with Crippen LogP contribution in [0.25, 0.3) is 17.0 Å². The number of hydrogen-bond donors (Lipinski definition) is 2. The van der Waals surface area contributed by atoms with Crippen LogP contribution in [0.2, 0.25) is 0 Å². The third-order valence-corrected chi connectivity index (χ3v) is 7.03. The molecule has 1 fully saturated rings. The lowest BCUT2D eigenvalue weighted by atomic mass is 9.81. The molecule has 9 heteroatoms. The molecular formula is C31H31FN6O2. The van der Waals surface area contributed by atoms with Crippen molar-refractivity contribution in [3.8, 4) is 23.2 Å². The summed E-state index contributed by atoms with van der Waals surface area (Å²) in [5.74, 6) is -0.616. The highest BCUT2D eigenvalue weighted by atomic mass is 19.1. The van der Waals surface area contributed by atoms with Crippen LogP contribution in [0.3, 0.4) is 0 Å². The van der Waals surface area contributed by atoms with Crippen LogP contribution < -0.4 is 15.8 Å². The SMILES string of the molecule is C=C(/C(=C\C=C(/C)c1cnccc1C#N)NC(=O)c1ccnc(-c2c(F)cccc2OC)n1)[C@H]1CC[C@H](N)CC1. The number of carbonyl (C=O) groups excluding carboxylic acids is 1. The second-order valence-corrected chi connectivity index (χ2v) is 9.64. The first kappa shape index (κ1) is 28.3. The quantitative estimate of drug-likeness (QED) is 0.370. The van der Waals surface area contributed by atoms with Crippen molar-refractivity contribution in [1.29, 1.82) is 5.26 Å². The molecule has 1 aromatic carbocycles. The van der Waals surface area contributed by atoms with Crippen molar-refractivity contribution in [3.63, 3.8) is 0 Å². The highest BCUT2D eigenvalue weighted by molar-refractivity contribution is 5.94. The molecule has 0 unspecified atom stereocenters. The first-order chi connectivity index (χ1) is 19.3. The third-order valence-electron chi connectivity index (χ3n) is 7.03. The number of carbonyl (C=O) groups is 1. The topological polar surface area (TPSA) is 127 Å². The molecule has 8 nitrogen and oxygen atoms in total. The van der Waals surface area contributed by atoms with Gasteiger partial charge in [-0.15, -0.1) is 0 Å². The molecule has 0 aliphatic heterocycles. The van der Waals surface area contributed by atoms with Gasteiger partial charge in [-0.05, 0) is 80.0 Å². The second kappa shape index (κ2) is 12.9. The largest absolute Gasteiger partial charge is 0.496 e. The van der Waals surface area contributed by atoms with Crippen LogP contribution in [0.4, 0.5) is 4.39 Å². The molecule has 0 saturated heterocycles. The molecule has 40 heavy (non-hydrogen) atoms. The summed E-state index contributed by atoms with van der Waals surface area (Å²) in [5, 5.41) is 12.4. The zero-order valence-corrected chi connectivity index (χ0v) is 22.5. The van der Waals surface area contributed by atoms with Crippen LogP contribution in [-0.4, -0.2) is 34.0 Å². The summed E-state index contributed by atoms with van der Waals surface area (Å²) < 4.78 is 19.9. The van der Waals surface area contributed by atoms with E-state index in [0.29, 0.717) is 16.8 Å². The van der Waals surface area contributed by atoms with E-state index in [-0.39, 0.29) is 34.8 Å². The Labute approximate surface area is 233 Å². The van der Waals surface area contributed by atoms with Gasteiger partial charge in [0.15, 0.2) is 5.82 Å². The number of amides is 1. The predicted molar refractivity (Wildman–Crippen MR) is 151 cm³/mol. The van der Waals surface area contributed by atoms with E-state index in [2.05, 4.69) is 32.9 Å². The molecule has 2 aromatic heterocycles. The number of nitrogens with zero attached hydrogens (tertiary/aromatic N) is 4. The lowest BCUT2D eigenvalue weighted by molar-refractivity contribution is 0.0961. The van der Waals surface area contributed by atoms with Gasteiger partial charge in [0.05, 0.1) is 24.3 Å². The third kappa shape index (κ3) is 6.47. The average molecular weight is 539 g/mol. The molecule has 1 saturated carbocycles. The van der Waals surface area contributed by atoms with E-state index in [1.165, 1.54) is 31.5 Å². The Morgan fingerprint density at radius 2 is 1.98 bits per heavy atom. The summed E-state index contributed by atoms with van der Waals surface area (Å²) in [5.41, 5.74) is 9.53. The molecule has 0 atom stereocenters. The molecule has 3 aromatic rings. The summed E-state index contributed by atoms with van der Waals surface area (Å²) in [6, 6.07) is 9.86. The average Bonchev–Trinajstić information content (AvgIpc) is 2.98. The van der Waals surface area contributed by atoms with Gasteiger partial charge in [0.1, 0.15) is 17.3 Å². The number of nitrogens with one attached hydrogen (secondary N) is 1. The minimum absolute atomic E-state index is 0.0320. The number of benzene rings is 1. The van der Waals surface area contributed by atoms with Crippen LogP contribution in [0.15, 0.2) is 78.9 Å². The summed E-state index contributed by atoms with van der Waals surface area (Å²) >= 11 is 0. The van der Waals surface area contributed by atoms with Gasteiger partial charge < -0.3 is 15.8 Å². The minimum atomic E-state index is -0.561. The lowest BCUT2D eigenvalue weighted by Gasteiger charge is -2.28. The smallest absolute Gasteiger partial charge is 0.274 e. The molecular weight excluding hydrogens is 507 g/mol. The van der Waals surface area contributed by atoms with Crippen molar-refractivity contribution in [1.82, 2.24) is 20.3 Å². The van der Waals surface area contributed by atoms with Crippen molar-refractivity contribution in [2.24, 2.45) is 11.7 Å². The van der Waals surface area contributed by atoms with E-state index < -0.39 is 11.7 Å². The molecule has 0 radical (unpaired) electrons. The molecule has 1 aliphatic carbocycles. The second-order valence-electron chi connectivity index (χ2n) is 9.64. The first-order valence-electron chi connectivity index (χ1n) is 13.0. The maximum atomic E-state index is 14.7. The van der Waals surface area contributed by atoms with Gasteiger partial charge in [0.2, 0.25) is 0 Å². The molecule has 3 N–H and O–H groups in total. The number of aromatic nitrogens is 3. The Kier molecular flexibility index (Phi) is 9.15. The zero-order valence-electron chi connectivity index (χ0n) is 22.5. The van der Waals surface area contributed by atoms with Gasteiger partial charge in [0.25, 0.3) is 5.91 Å². The van der Waals surface area contributed by atoms with Crippen molar-refractivity contribution in [2.45, 2.75) is 38.6 Å². The fraction of sp³-hybridized carbons (Fsp3) is 0.258. The normalized spacial score (nSPS) is 17.6. The molecule has 0 bridgehead atoms. The molecule has 1 amide bonds. The van der Waals surface area contributed by atoms with Crippen molar-refractivity contribution in [2.75, 3.05) is 7.11 Å². The fourth-order valence-corrected chi connectivity index (χ4v) is 4.70. The van der Waals surface area contributed by atoms with E-state index in [1.54, 1.807) is 30.6 Å². The number of nitriles is 1. The Bertz CT molecular complexity index is 1520. The van der Waals surface area contributed by atoms with Crippen LogP contribution in [-0.2, 0) is 0 Å². The minimum Gasteiger partial charge on any atom is -0.496 e. The number of halogens is 1. The predicted octanol–water partition coefficient (Wildman–Crippen LogP) is 5.35. The van der Waals surface area contributed by atoms with Crippen LogP contribution in [0.1, 0.15) is 54.2 Å². The summed E-state index contributed by atoms with van der Waals surface area (Å²) in [7, 11) is 1.43. The van der Waals surface area contributed by atoms with E-state index in [1.807, 2.05) is 13.0 Å². The summed E-state index contributed by atoms with van der Waals surface area (Å²) in [4.78, 5) is 26.1. The van der Waals surface area contributed by atoms with Crippen molar-refractivity contribution in [3.05, 3.63) is 102 Å². The monoisotopic (exact) mass is 538 g/mol. The lowest BCUT2D eigenvalue weighted by Crippen LogP contribution is -2.30. The van der Waals surface area contributed by atoms with Crippen LogP contribution in [0.5, 0.6) is 5.75 Å². The zero-order chi connectivity index (χ0) is 28.6. The standard InChI is InChI=1S/C31H31FN6O2/c1-19(24-18-35-15-13-22(24)17-33)7-12-26(20(2)21-8-10-23(34)11-9-21)38-31(39)27-14-16-36-30(37-27)29-25(32)5-4-6-28(29)40-3/h4-7,12-16,18,21,23H,2,8-11,34H2,1,3H3,(H,38,39)/b19-7+,26-12+/t21-,23-. The maximum absolute atomic E-state index is 14.7. The summed E-state index contributed by atoms with van der Waals surface area (Å²) in [6.07, 6.45) is 11.7. The molecule has 2 heterocycles. The highest BCUT2D eigenvalue weighted by Crippen LogP contribution is 2.32. The number of methoxy groups -OCH3 is 1. The molecule has 1 aliphatic rings. The molecule has 204 valence electrons.